The molecule has 5 heteroatoms. The Hall–Kier alpha value is -1.77. The van der Waals surface area contributed by atoms with E-state index in [1.165, 1.54) is 12.1 Å². The van der Waals surface area contributed by atoms with Gasteiger partial charge in [0.1, 0.15) is 16.5 Å². The third-order valence-electron chi connectivity index (χ3n) is 2.44. The molecule has 0 aliphatic carbocycles. The van der Waals surface area contributed by atoms with Gasteiger partial charge in [-0.3, -0.25) is 0 Å². The zero-order valence-electron chi connectivity index (χ0n) is 9.14. The van der Waals surface area contributed by atoms with E-state index in [2.05, 4.69) is 20.9 Å². The number of hydrogen-bond acceptors (Lipinski definition) is 3. The highest BCUT2D eigenvalue weighted by Crippen LogP contribution is 2.24. The van der Waals surface area contributed by atoms with Gasteiger partial charge in [-0.15, -0.1) is 0 Å². The molecule has 0 spiro atoms. The number of aromatic nitrogens is 1. The Morgan fingerprint density at radius 1 is 1.33 bits per heavy atom. The van der Waals surface area contributed by atoms with Crippen LogP contribution in [0.2, 0.25) is 0 Å². The Kier molecular flexibility index (Phi) is 3.70. The highest BCUT2D eigenvalue weighted by Gasteiger charge is 2.16. The van der Waals surface area contributed by atoms with Gasteiger partial charge in [-0.05, 0) is 40.2 Å². The number of hydrogen-bond donors (Lipinski definition) is 1. The van der Waals surface area contributed by atoms with Gasteiger partial charge in [-0.1, -0.05) is 12.1 Å². The Bertz CT molecular complexity index is 625. The summed E-state index contributed by atoms with van der Waals surface area (Å²) >= 11 is 3.19. The summed E-state index contributed by atoms with van der Waals surface area (Å²) in [5, 5.41) is 18.7. The quantitative estimate of drug-likeness (QED) is 0.868. The largest absolute Gasteiger partial charge is 0.382 e. The summed E-state index contributed by atoms with van der Waals surface area (Å²) in [5.74, 6) is -0.622. The number of aliphatic hydroxyl groups excluding tert-OH is 1. The van der Waals surface area contributed by atoms with E-state index in [0.29, 0.717) is 10.3 Å². The molecular weight excluding hydrogens is 299 g/mol. The highest BCUT2D eigenvalue weighted by atomic mass is 79.9. The van der Waals surface area contributed by atoms with E-state index < -0.39 is 11.9 Å². The van der Waals surface area contributed by atoms with Crippen LogP contribution in [0.5, 0.6) is 0 Å². The van der Waals surface area contributed by atoms with Crippen molar-refractivity contribution < 1.29 is 9.50 Å². The van der Waals surface area contributed by atoms with E-state index in [0.717, 1.165) is 6.07 Å². The maximum atomic E-state index is 13.7. The van der Waals surface area contributed by atoms with Gasteiger partial charge >= 0.3 is 0 Å². The minimum atomic E-state index is -1.16. The number of nitrogens with zero attached hydrogens (tertiary/aromatic N) is 2. The molecule has 0 saturated heterocycles. The summed E-state index contributed by atoms with van der Waals surface area (Å²) in [7, 11) is 0. The zero-order chi connectivity index (χ0) is 13.1. The Balaban J connectivity index is 2.40. The predicted octanol–water partition coefficient (Wildman–Crippen LogP) is 2.94. The summed E-state index contributed by atoms with van der Waals surface area (Å²) in [4.78, 5) is 4.07. The van der Waals surface area contributed by atoms with Crippen LogP contribution in [0.25, 0.3) is 0 Å². The lowest BCUT2D eigenvalue weighted by molar-refractivity contribution is 0.210. The van der Waals surface area contributed by atoms with Crippen LogP contribution in [0.4, 0.5) is 4.39 Å². The van der Waals surface area contributed by atoms with Gasteiger partial charge in [0, 0.05) is 5.56 Å². The Morgan fingerprint density at radius 3 is 2.72 bits per heavy atom. The van der Waals surface area contributed by atoms with E-state index in [4.69, 9.17) is 5.26 Å². The third kappa shape index (κ3) is 2.55. The molecule has 1 atom stereocenters. The van der Waals surface area contributed by atoms with Crippen molar-refractivity contribution in [1.29, 1.82) is 5.26 Å². The maximum absolute atomic E-state index is 13.7. The van der Waals surface area contributed by atoms with Crippen LogP contribution in [-0.4, -0.2) is 10.1 Å². The third-order valence-corrected chi connectivity index (χ3v) is 2.88. The lowest BCUT2D eigenvalue weighted by Gasteiger charge is -2.11. The van der Waals surface area contributed by atoms with E-state index >= 15 is 0 Å². The summed E-state index contributed by atoms with van der Waals surface area (Å²) in [6.45, 7) is 0. The van der Waals surface area contributed by atoms with Crippen LogP contribution in [0.3, 0.4) is 0 Å². The molecule has 1 aromatic carbocycles. The molecule has 3 nitrogen and oxygen atoms in total. The molecule has 0 amide bonds. The van der Waals surface area contributed by atoms with Crippen LogP contribution in [0.1, 0.15) is 22.9 Å². The molecule has 1 aromatic heterocycles. The number of nitriles is 1. The van der Waals surface area contributed by atoms with Crippen LogP contribution in [0, 0.1) is 17.1 Å². The van der Waals surface area contributed by atoms with Gasteiger partial charge in [0.2, 0.25) is 0 Å². The van der Waals surface area contributed by atoms with Crippen LogP contribution in [0.15, 0.2) is 41.0 Å². The van der Waals surface area contributed by atoms with Crippen molar-refractivity contribution in [2.75, 3.05) is 0 Å². The first-order valence-corrected chi connectivity index (χ1v) is 5.91. The maximum Gasteiger partial charge on any atom is 0.130 e. The Labute approximate surface area is 112 Å². The minimum Gasteiger partial charge on any atom is -0.382 e. The average molecular weight is 307 g/mol. The van der Waals surface area contributed by atoms with Crippen molar-refractivity contribution in [1.82, 2.24) is 4.98 Å². The molecule has 0 bridgehead atoms. The van der Waals surface area contributed by atoms with Gasteiger partial charge in [0.05, 0.1) is 17.3 Å². The first-order chi connectivity index (χ1) is 8.61. The summed E-state index contributed by atoms with van der Waals surface area (Å²) in [5.41, 5.74) is 0.651. The number of halogens is 2. The second kappa shape index (κ2) is 5.25. The summed E-state index contributed by atoms with van der Waals surface area (Å²) in [6.07, 6.45) is -1.16. The molecule has 1 unspecified atom stereocenters. The fourth-order valence-corrected chi connectivity index (χ4v) is 1.91. The normalized spacial score (nSPS) is 11.9. The van der Waals surface area contributed by atoms with Crippen molar-refractivity contribution in [3.05, 3.63) is 63.6 Å². The van der Waals surface area contributed by atoms with Gasteiger partial charge in [0.15, 0.2) is 0 Å². The zero-order valence-corrected chi connectivity index (χ0v) is 10.7. The standard InChI is InChI=1S/C13H8BrFN2O/c14-12-3-1-2-11(17-12)13(18)9-5-4-8(7-16)6-10(9)15/h1-6,13,18H. The topological polar surface area (TPSA) is 56.9 Å². The van der Waals surface area contributed by atoms with Crippen LogP contribution in [-0.2, 0) is 0 Å². The van der Waals surface area contributed by atoms with E-state index in [9.17, 15) is 9.50 Å². The van der Waals surface area contributed by atoms with E-state index in [-0.39, 0.29) is 11.1 Å². The van der Waals surface area contributed by atoms with Gasteiger partial charge < -0.3 is 5.11 Å². The van der Waals surface area contributed by atoms with Crippen LogP contribution >= 0.6 is 15.9 Å². The van der Waals surface area contributed by atoms with Gasteiger partial charge in [-0.2, -0.15) is 5.26 Å². The molecule has 0 radical (unpaired) electrons. The number of aliphatic hydroxyl groups is 1. The highest BCUT2D eigenvalue weighted by molar-refractivity contribution is 9.10. The van der Waals surface area contributed by atoms with Crippen molar-refractivity contribution >= 4 is 15.9 Å². The SMILES string of the molecule is N#Cc1ccc(C(O)c2cccc(Br)n2)c(F)c1. The van der Waals surface area contributed by atoms with E-state index in [1.54, 1.807) is 18.2 Å². The van der Waals surface area contributed by atoms with Gasteiger partial charge in [-0.25, -0.2) is 9.37 Å². The second-order valence-corrected chi connectivity index (χ2v) is 4.45. The molecular formula is C13H8BrFN2O. The van der Waals surface area contributed by atoms with Crippen LogP contribution < -0.4 is 0 Å². The Morgan fingerprint density at radius 2 is 2.11 bits per heavy atom. The van der Waals surface area contributed by atoms with E-state index in [1.807, 2.05) is 6.07 Å². The van der Waals surface area contributed by atoms with Crippen molar-refractivity contribution in [2.24, 2.45) is 0 Å². The molecule has 18 heavy (non-hydrogen) atoms. The summed E-state index contributed by atoms with van der Waals surface area (Å²) in [6, 6.07) is 10.8. The molecule has 0 aliphatic rings. The van der Waals surface area contributed by atoms with Gasteiger partial charge in [0.25, 0.3) is 0 Å². The predicted molar refractivity (Wildman–Crippen MR) is 67.1 cm³/mol. The summed E-state index contributed by atoms with van der Waals surface area (Å²) < 4.78 is 14.3. The molecule has 2 aromatic rings. The fourth-order valence-electron chi connectivity index (χ4n) is 1.55. The molecule has 1 N–H and O–H groups in total. The monoisotopic (exact) mass is 306 g/mol. The number of benzene rings is 1. The first kappa shape index (κ1) is 12.7. The smallest absolute Gasteiger partial charge is 0.130 e. The second-order valence-electron chi connectivity index (χ2n) is 3.64. The first-order valence-electron chi connectivity index (χ1n) is 5.12. The van der Waals surface area contributed by atoms with Crippen molar-refractivity contribution in [3.63, 3.8) is 0 Å². The lowest BCUT2D eigenvalue weighted by atomic mass is 10.0. The molecule has 2 rings (SSSR count). The van der Waals surface area contributed by atoms with Crippen molar-refractivity contribution in [2.45, 2.75) is 6.10 Å². The minimum absolute atomic E-state index is 0.0969. The lowest BCUT2D eigenvalue weighted by Crippen LogP contribution is -2.05. The molecule has 0 saturated carbocycles. The fraction of sp³-hybridized carbons (Fsp3) is 0.0769. The molecule has 1 heterocycles. The number of rotatable bonds is 2. The molecule has 90 valence electrons. The number of pyridine rings is 1. The van der Waals surface area contributed by atoms with Crippen molar-refractivity contribution in [3.8, 4) is 6.07 Å². The molecule has 0 fully saturated rings. The average Bonchev–Trinajstić information content (AvgIpc) is 2.37. The molecule has 0 aliphatic heterocycles.